The van der Waals surface area contributed by atoms with Crippen LogP contribution in [0.15, 0.2) is 42.6 Å². The van der Waals surface area contributed by atoms with Gasteiger partial charge in [0.1, 0.15) is 0 Å². The number of aromatic nitrogens is 1. The number of benzene rings is 1. The summed E-state index contributed by atoms with van der Waals surface area (Å²) in [6.07, 6.45) is 3.80. The van der Waals surface area contributed by atoms with Gasteiger partial charge >= 0.3 is 5.97 Å². The van der Waals surface area contributed by atoms with E-state index in [1.165, 1.54) is 0 Å². The van der Waals surface area contributed by atoms with Crippen LogP contribution in [0.2, 0.25) is 0 Å². The number of carbonyl (C=O) groups excluding carboxylic acids is 1. The number of nitrogens with zero attached hydrogens (tertiary/aromatic N) is 1. The van der Waals surface area contributed by atoms with Gasteiger partial charge in [0.2, 0.25) is 5.91 Å². The summed E-state index contributed by atoms with van der Waals surface area (Å²) in [6, 6.07) is 11.5. The first kappa shape index (κ1) is 20.1. The second kappa shape index (κ2) is 8.55. The smallest absolute Gasteiger partial charge is 0.307 e. The van der Waals surface area contributed by atoms with Gasteiger partial charge in [0.05, 0.1) is 23.6 Å². The van der Waals surface area contributed by atoms with Gasteiger partial charge in [0.25, 0.3) is 0 Å². The van der Waals surface area contributed by atoms with E-state index in [1.54, 1.807) is 0 Å². The quantitative estimate of drug-likeness (QED) is 0.786. The predicted octanol–water partition coefficient (Wildman–Crippen LogP) is 4.22. The Labute approximate surface area is 166 Å². The molecule has 1 aromatic heterocycles. The maximum absolute atomic E-state index is 13.0. The van der Waals surface area contributed by atoms with Crippen molar-refractivity contribution < 1.29 is 14.7 Å². The highest BCUT2D eigenvalue weighted by atomic mass is 16.4. The number of hydrogen-bond acceptors (Lipinski definition) is 3. The van der Waals surface area contributed by atoms with Gasteiger partial charge in [0, 0.05) is 6.20 Å². The van der Waals surface area contributed by atoms with Gasteiger partial charge in [-0.1, -0.05) is 50.6 Å². The van der Waals surface area contributed by atoms with Crippen LogP contribution in [0.1, 0.15) is 67.5 Å². The molecule has 1 saturated carbocycles. The number of pyridine rings is 1. The first-order valence-electron chi connectivity index (χ1n) is 9.93. The highest BCUT2D eigenvalue weighted by molar-refractivity contribution is 5.85. The molecule has 0 radical (unpaired) electrons. The number of carbonyl (C=O) groups is 2. The van der Waals surface area contributed by atoms with Crippen molar-refractivity contribution in [2.75, 3.05) is 0 Å². The Morgan fingerprint density at radius 3 is 2.43 bits per heavy atom. The van der Waals surface area contributed by atoms with E-state index in [-0.39, 0.29) is 5.91 Å². The van der Waals surface area contributed by atoms with Crippen molar-refractivity contribution in [3.63, 3.8) is 0 Å². The SMILES string of the molecule is Cc1ccccc1C(NC(=O)C1CCCC1C(=O)O)c1ccc(C(C)C)cn1. The third-order valence-corrected chi connectivity index (χ3v) is 5.73. The van der Waals surface area contributed by atoms with Gasteiger partial charge in [-0.25, -0.2) is 0 Å². The average Bonchev–Trinajstić information content (AvgIpc) is 3.17. The highest BCUT2D eigenvalue weighted by Gasteiger charge is 2.38. The van der Waals surface area contributed by atoms with E-state index in [2.05, 4.69) is 24.1 Å². The summed E-state index contributed by atoms with van der Waals surface area (Å²) < 4.78 is 0. The summed E-state index contributed by atoms with van der Waals surface area (Å²) in [5, 5.41) is 12.5. The molecular weight excluding hydrogens is 352 g/mol. The lowest BCUT2D eigenvalue weighted by Gasteiger charge is -2.24. The van der Waals surface area contributed by atoms with Crippen LogP contribution in [0, 0.1) is 18.8 Å². The van der Waals surface area contributed by atoms with Gasteiger partial charge in [-0.3, -0.25) is 14.6 Å². The largest absolute Gasteiger partial charge is 0.481 e. The van der Waals surface area contributed by atoms with E-state index in [1.807, 2.05) is 49.5 Å². The van der Waals surface area contributed by atoms with Crippen molar-refractivity contribution in [1.29, 1.82) is 0 Å². The molecule has 0 bridgehead atoms. The van der Waals surface area contributed by atoms with Crippen LogP contribution < -0.4 is 5.32 Å². The second-order valence-electron chi connectivity index (χ2n) is 7.95. The number of nitrogens with one attached hydrogen (secondary N) is 1. The van der Waals surface area contributed by atoms with Gasteiger partial charge < -0.3 is 10.4 Å². The number of carboxylic acids is 1. The molecule has 2 N–H and O–H groups in total. The Balaban J connectivity index is 1.92. The normalized spacial score (nSPS) is 20.1. The third kappa shape index (κ3) is 4.24. The first-order valence-corrected chi connectivity index (χ1v) is 9.93. The number of carboxylic acid groups (broad SMARTS) is 1. The topological polar surface area (TPSA) is 79.3 Å². The lowest BCUT2D eigenvalue weighted by atomic mass is 9.93. The Morgan fingerprint density at radius 2 is 1.82 bits per heavy atom. The summed E-state index contributed by atoms with van der Waals surface area (Å²) in [6.45, 7) is 6.24. The van der Waals surface area contributed by atoms with Gasteiger partial charge in [-0.15, -0.1) is 0 Å². The molecule has 28 heavy (non-hydrogen) atoms. The Morgan fingerprint density at radius 1 is 1.11 bits per heavy atom. The number of rotatable bonds is 6. The number of aryl methyl sites for hydroxylation is 1. The molecule has 1 heterocycles. The highest BCUT2D eigenvalue weighted by Crippen LogP contribution is 2.33. The minimum absolute atomic E-state index is 0.201. The summed E-state index contributed by atoms with van der Waals surface area (Å²) in [5.74, 6) is -1.80. The molecule has 1 aliphatic rings. The number of amides is 1. The van der Waals surface area contributed by atoms with Crippen molar-refractivity contribution in [2.45, 2.75) is 52.0 Å². The van der Waals surface area contributed by atoms with Crippen LogP contribution >= 0.6 is 0 Å². The van der Waals surface area contributed by atoms with E-state index in [4.69, 9.17) is 0 Å². The molecule has 1 aliphatic carbocycles. The van der Waals surface area contributed by atoms with Crippen LogP contribution in [0.25, 0.3) is 0 Å². The molecule has 5 heteroatoms. The van der Waals surface area contributed by atoms with Crippen molar-refractivity contribution in [1.82, 2.24) is 10.3 Å². The summed E-state index contributed by atoms with van der Waals surface area (Å²) in [7, 11) is 0. The standard InChI is InChI=1S/C23H28N2O3/c1-14(2)16-11-12-20(24-13-16)21(17-8-5-4-7-15(17)3)25-22(26)18-9-6-10-19(18)23(27)28/h4-5,7-8,11-14,18-19,21H,6,9-10H2,1-3H3,(H,25,26)(H,27,28). The molecule has 0 saturated heterocycles. The minimum atomic E-state index is -0.885. The first-order chi connectivity index (χ1) is 13.4. The van der Waals surface area contributed by atoms with Crippen molar-refractivity contribution in [2.24, 2.45) is 11.8 Å². The molecule has 1 fully saturated rings. The number of hydrogen-bond donors (Lipinski definition) is 2. The van der Waals surface area contributed by atoms with E-state index in [9.17, 15) is 14.7 Å². The molecule has 0 spiro atoms. The molecule has 1 aromatic carbocycles. The molecule has 0 aliphatic heterocycles. The van der Waals surface area contributed by atoms with Crippen molar-refractivity contribution in [3.05, 3.63) is 65.0 Å². The van der Waals surface area contributed by atoms with Crippen LogP contribution in [0.3, 0.4) is 0 Å². The molecule has 3 rings (SSSR count). The zero-order valence-electron chi connectivity index (χ0n) is 16.7. The molecule has 148 valence electrons. The molecule has 1 amide bonds. The van der Waals surface area contributed by atoms with E-state index < -0.39 is 23.8 Å². The molecule has 3 atom stereocenters. The summed E-state index contributed by atoms with van der Waals surface area (Å²) in [4.78, 5) is 29.1. The fourth-order valence-electron chi connectivity index (χ4n) is 3.97. The molecular formula is C23H28N2O3. The lowest BCUT2D eigenvalue weighted by molar-refractivity contribution is -0.146. The monoisotopic (exact) mass is 380 g/mol. The average molecular weight is 380 g/mol. The fraction of sp³-hybridized carbons (Fsp3) is 0.435. The van der Waals surface area contributed by atoms with Gasteiger partial charge in [-0.05, 0) is 48.4 Å². The Hall–Kier alpha value is -2.69. The van der Waals surface area contributed by atoms with E-state index in [0.29, 0.717) is 18.8 Å². The maximum atomic E-state index is 13.0. The minimum Gasteiger partial charge on any atom is -0.481 e. The Kier molecular flexibility index (Phi) is 6.12. The zero-order valence-corrected chi connectivity index (χ0v) is 16.7. The van der Waals surface area contributed by atoms with Crippen molar-refractivity contribution in [3.8, 4) is 0 Å². The van der Waals surface area contributed by atoms with Crippen LogP contribution in [0.5, 0.6) is 0 Å². The Bertz CT molecular complexity index is 845. The lowest BCUT2D eigenvalue weighted by Crippen LogP contribution is -2.38. The van der Waals surface area contributed by atoms with Crippen LogP contribution in [-0.4, -0.2) is 22.0 Å². The van der Waals surface area contributed by atoms with E-state index in [0.717, 1.165) is 28.8 Å². The number of aliphatic carboxylic acids is 1. The molecule has 2 aromatic rings. The predicted molar refractivity (Wildman–Crippen MR) is 108 cm³/mol. The third-order valence-electron chi connectivity index (χ3n) is 5.73. The van der Waals surface area contributed by atoms with Crippen LogP contribution in [-0.2, 0) is 9.59 Å². The summed E-state index contributed by atoms with van der Waals surface area (Å²) >= 11 is 0. The molecule has 5 nitrogen and oxygen atoms in total. The molecule has 3 unspecified atom stereocenters. The van der Waals surface area contributed by atoms with Gasteiger partial charge in [0.15, 0.2) is 0 Å². The van der Waals surface area contributed by atoms with Crippen LogP contribution in [0.4, 0.5) is 0 Å². The van der Waals surface area contributed by atoms with E-state index >= 15 is 0 Å². The fourth-order valence-corrected chi connectivity index (χ4v) is 3.97. The maximum Gasteiger partial charge on any atom is 0.307 e. The summed E-state index contributed by atoms with van der Waals surface area (Å²) in [5.41, 5.74) is 3.94. The van der Waals surface area contributed by atoms with Crippen molar-refractivity contribution >= 4 is 11.9 Å². The second-order valence-corrected chi connectivity index (χ2v) is 7.95. The zero-order chi connectivity index (χ0) is 20.3. The van der Waals surface area contributed by atoms with Gasteiger partial charge in [-0.2, -0.15) is 0 Å².